The minimum Gasteiger partial charge on any atom is -0.321 e. The molecule has 1 N–H and O–H groups in total. The first kappa shape index (κ1) is 25.3. The number of halogens is 3. The number of amides is 3. The number of nitrogens with one attached hydrogen (secondary N) is 1. The molecule has 0 radical (unpaired) electrons. The molecule has 4 aromatic carbocycles. The first-order valence-electron chi connectivity index (χ1n) is 13.3. The molecule has 1 heterocycles. The monoisotopic (exact) mass is 552 g/mol. The van der Waals surface area contributed by atoms with Crippen molar-refractivity contribution < 1.29 is 27.6 Å². The lowest BCUT2D eigenvalue weighted by Crippen LogP contribution is -2.49. The molecule has 1 aliphatic heterocycles. The fourth-order valence-corrected chi connectivity index (χ4v) is 7.16. The lowest BCUT2D eigenvalue weighted by Gasteiger charge is -2.51. The van der Waals surface area contributed by atoms with Crippen LogP contribution in [0.1, 0.15) is 56.9 Å². The molecule has 2 bridgehead atoms. The number of hydrogen-bond donors (Lipinski definition) is 1. The number of carbonyl (C=O) groups is 3. The molecule has 1 fully saturated rings. The van der Waals surface area contributed by atoms with Gasteiger partial charge in [0.2, 0.25) is 11.8 Å². The van der Waals surface area contributed by atoms with Crippen LogP contribution >= 0.6 is 0 Å². The third-order valence-electron chi connectivity index (χ3n) is 8.88. The highest BCUT2D eigenvalue weighted by Gasteiger charge is 2.68. The molecule has 0 unspecified atom stereocenters. The van der Waals surface area contributed by atoms with Crippen molar-refractivity contribution >= 4 is 29.1 Å². The Labute approximate surface area is 233 Å². The van der Waals surface area contributed by atoms with Crippen molar-refractivity contribution in [1.29, 1.82) is 0 Å². The van der Waals surface area contributed by atoms with Gasteiger partial charge in [-0.1, -0.05) is 60.7 Å². The summed E-state index contributed by atoms with van der Waals surface area (Å²) in [4.78, 5) is 42.3. The molecule has 8 rings (SSSR count). The zero-order valence-corrected chi connectivity index (χ0v) is 21.8. The average molecular weight is 553 g/mol. The lowest BCUT2D eigenvalue weighted by molar-refractivity contribution is -0.137. The number of alkyl halides is 3. The number of anilines is 2. The van der Waals surface area contributed by atoms with E-state index >= 15 is 0 Å². The quantitative estimate of drug-likeness (QED) is 0.286. The van der Waals surface area contributed by atoms with Gasteiger partial charge >= 0.3 is 6.18 Å². The van der Waals surface area contributed by atoms with Crippen molar-refractivity contribution in [3.8, 4) is 0 Å². The first-order valence-corrected chi connectivity index (χ1v) is 13.3. The number of carbonyl (C=O) groups excluding carboxylic acids is 3. The highest BCUT2D eigenvalue weighted by atomic mass is 19.4. The van der Waals surface area contributed by atoms with Crippen LogP contribution in [0.5, 0.6) is 0 Å². The number of rotatable bonds is 3. The summed E-state index contributed by atoms with van der Waals surface area (Å²) in [5.74, 6) is -2.48. The highest BCUT2D eigenvalue weighted by molar-refractivity contribution is 6.25. The van der Waals surface area contributed by atoms with Crippen LogP contribution < -0.4 is 10.2 Å². The number of para-hydroxylation sites is 1. The second-order valence-corrected chi connectivity index (χ2v) is 11.0. The molecule has 3 amide bonds. The second kappa shape index (κ2) is 8.64. The van der Waals surface area contributed by atoms with Crippen molar-refractivity contribution in [3.05, 3.63) is 130 Å². The molecule has 8 heteroatoms. The molecule has 41 heavy (non-hydrogen) atoms. The summed E-state index contributed by atoms with van der Waals surface area (Å²) >= 11 is 0. The highest BCUT2D eigenvalue weighted by Crippen LogP contribution is 2.67. The third-order valence-corrected chi connectivity index (χ3v) is 8.88. The zero-order chi connectivity index (χ0) is 28.7. The molecule has 0 saturated carbocycles. The molecule has 5 nitrogen and oxygen atoms in total. The van der Waals surface area contributed by atoms with Gasteiger partial charge in [0.05, 0.1) is 28.3 Å². The van der Waals surface area contributed by atoms with Crippen molar-refractivity contribution in [1.82, 2.24) is 0 Å². The number of imide groups is 1. The molecular weight excluding hydrogens is 529 g/mol. The molecule has 3 aliphatic carbocycles. The maximum atomic E-state index is 14.2. The molecule has 0 aromatic heterocycles. The van der Waals surface area contributed by atoms with E-state index in [1.807, 2.05) is 55.5 Å². The van der Waals surface area contributed by atoms with Gasteiger partial charge in [0, 0.05) is 17.4 Å². The Morgan fingerprint density at radius 3 is 1.90 bits per heavy atom. The minimum atomic E-state index is -4.63. The van der Waals surface area contributed by atoms with Crippen molar-refractivity contribution in [2.75, 3.05) is 10.2 Å². The van der Waals surface area contributed by atoms with Crippen LogP contribution in [-0.2, 0) is 15.8 Å². The average Bonchev–Trinajstić information content (AvgIpc) is 3.17. The Bertz CT molecular complexity index is 1720. The van der Waals surface area contributed by atoms with Gasteiger partial charge in [0.1, 0.15) is 0 Å². The van der Waals surface area contributed by atoms with Crippen molar-refractivity contribution in [2.45, 2.75) is 24.9 Å². The minimum absolute atomic E-state index is 0.0910. The van der Waals surface area contributed by atoms with E-state index in [-0.39, 0.29) is 34.9 Å². The Balaban J connectivity index is 1.22. The Kier molecular flexibility index (Phi) is 5.32. The van der Waals surface area contributed by atoms with Crippen LogP contribution in [0.2, 0.25) is 0 Å². The van der Waals surface area contributed by atoms with Gasteiger partial charge in [-0.3, -0.25) is 14.4 Å². The summed E-state index contributed by atoms with van der Waals surface area (Å²) in [5, 5.41) is 2.32. The van der Waals surface area contributed by atoms with Gasteiger partial charge in [-0.25, -0.2) is 4.90 Å². The molecular formula is C33H23F3N2O3. The van der Waals surface area contributed by atoms with Gasteiger partial charge in [0.15, 0.2) is 0 Å². The molecule has 204 valence electrons. The fourth-order valence-electron chi connectivity index (χ4n) is 7.16. The molecule has 2 atom stereocenters. The molecule has 4 aromatic rings. The van der Waals surface area contributed by atoms with Gasteiger partial charge in [-0.15, -0.1) is 0 Å². The summed E-state index contributed by atoms with van der Waals surface area (Å²) < 4.78 is 40.1. The largest absolute Gasteiger partial charge is 0.418 e. The van der Waals surface area contributed by atoms with E-state index < -0.39 is 29.0 Å². The Morgan fingerprint density at radius 1 is 0.780 bits per heavy atom. The van der Waals surface area contributed by atoms with E-state index in [4.69, 9.17) is 0 Å². The second-order valence-electron chi connectivity index (χ2n) is 11.0. The normalized spacial score (nSPS) is 24.1. The van der Waals surface area contributed by atoms with E-state index in [1.165, 1.54) is 47.4 Å². The molecule has 4 aliphatic rings. The summed E-state index contributed by atoms with van der Waals surface area (Å²) in [6.07, 6.45) is -4.63. The topological polar surface area (TPSA) is 66.5 Å². The van der Waals surface area contributed by atoms with Crippen LogP contribution in [0.25, 0.3) is 0 Å². The van der Waals surface area contributed by atoms with Gasteiger partial charge in [0.25, 0.3) is 5.91 Å². The predicted octanol–water partition coefficient (Wildman–Crippen LogP) is 6.74. The zero-order valence-electron chi connectivity index (χ0n) is 21.8. The maximum Gasteiger partial charge on any atom is 0.418 e. The fraction of sp³-hybridized carbons (Fsp3) is 0.182. The van der Waals surface area contributed by atoms with Gasteiger partial charge < -0.3 is 5.32 Å². The molecule has 0 spiro atoms. The molecule has 1 saturated heterocycles. The van der Waals surface area contributed by atoms with E-state index in [0.717, 1.165) is 28.3 Å². The van der Waals surface area contributed by atoms with Gasteiger partial charge in [-0.2, -0.15) is 13.2 Å². The Morgan fingerprint density at radius 2 is 1.32 bits per heavy atom. The number of benzene rings is 4. The summed E-state index contributed by atoms with van der Waals surface area (Å²) in [6, 6.07) is 26.5. The van der Waals surface area contributed by atoms with E-state index in [1.54, 1.807) is 0 Å². The number of hydrogen-bond acceptors (Lipinski definition) is 3. The van der Waals surface area contributed by atoms with Gasteiger partial charge in [-0.05, 0) is 65.6 Å². The smallest absolute Gasteiger partial charge is 0.321 e. The maximum absolute atomic E-state index is 14.2. The van der Waals surface area contributed by atoms with Crippen LogP contribution in [0.15, 0.2) is 97.1 Å². The van der Waals surface area contributed by atoms with Crippen LogP contribution in [0.4, 0.5) is 24.5 Å². The summed E-state index contributed by atoms with van der Waals surface area (Å²) in [6.45, 7) is 1.88. The number of nitrogens with zero attached hydrogens (tertiary/aromatic N) is 1. The van der Waals surface area contributed by atoms with Crippen LogP contribution in [-0.4, -0.2) is 17.7 Å². The van der Waals surface area contributed by atoms with E-state index in [0.29, 0.717) is 5.69 Å². The van der Waals surface area contributed by atoms with E-state index in [2.05, 4.69) is 5.32 Å². The lowest BCUT2D eigenvalue weighted by atomic mass is 9.48. The van der Waals surface area contributed by atoms with E-state index in [9.17, 15) is 27.6 Å². The SMILES string of the molecule is C[C@]12C(=O)N(c3ccc(C(=O)Nc4ccccc4C(F)(F)F)cc3)C(=O)[C@H]1C1c3ccccc3C2c2ccccc21. The summed E-state index contributed by atoms with van der Waals surface area (Å²) in [5.41, 5.74) is 2.34. The third kappa shape index (κ3) is 3.46. The standard InChI is InChI=1S/C33H23F3N2O3/c1-32-27-22-10-4-2-8-20(22)26(21-9-3-5-11-23(21)27)28(32)30(40)38(31(32)41)19-16-14-18(15-17-19)29(39)37-25-13-7-6-12-24(25)33(34,35)36/h2-17,26-28H,1H3,(H,37,39)/t26?,27?,28-,32-/m1/s1. The van der Waals surface area contributed by atoms with Crippen molar-refractivity contribution in [3.63, 3.8) is 0 Å². The predicted molar refractivity (Wildman–Crippen MR) is 146 cm³/mol. The Hall–Kier alpha value is -4.72. The van der Waals surface area contributed by atoms with Crippen LogP contribution in [0, 0.1) is 11.3 Å². The first-order chi connectivity index (χ1) is 19.6. The summed E-state index contributed by atoms with van der Waals surface area (Å²) in [7, 11) is 0. The van der Waals surface area contributed by atoms with Crippen molar-refractivity contribution in [2.24, 2.45) is 11.3 Å². The van der Waals surface area contributed by atoms with Crippen LogP contribution in [0.3, 0.4) is 0 Å².